The summed E-state index contributed by atoms with van der Waals surface area (Å²) in [5.74, 6) is 0. The quantitative estimate of drug-likeness (QED) is 0.372. The Bertz CT molecular complexity index is 1010. The summed E-state index contributed by atoms with van der Waals surface area (Å²) < 4.78 is 3.71. The Kier molecular flexibility index (Phi) is 7.40. The molecular formula is C19H21Cl3N6S. The number of hydrogen-bond acceptors (Lipinski definition) is 3. The molecule has 0 aliphatic rings. The number of hydrogen-bond donors (Lipinski definition) is 2. The van der Waals surface area contributed by atoms with E-state index in [0.29, 0.717) is 26.7 Å². The average Bonchev–Trinajstić information content (AvgIpc) is 3.19. The van der Waals surface area contributed by atoms with E-state index in [1.54, 1.807) is 23.1 Å². The molecule has 0 aliphatic carbocycles. The second-order valence-corrected chi connectivity index (χ2v) is 8.28. The molecule has 0 saturated heterocycles. The second-order valence-electron chi connectivity index (χ2n) is 6.60. The molecule has 0 radical (unpaired) electrons. The van der Waals surface area contributed by atoms with Crippen molar-refractivity contribution in [2.75, 3.05) is 11.9 Å². The van der Waals surface area contributed by atoms with Crippen LogP contribution in [0.4, 0.5) is 5.69 Å². The third-order valence-electron chi connectivity index (χ3n) is 4.41. The smallest absolute Gasteiger partial charge is 0.170 e. The number of aryl methyl sites for hydroxylation is 2. The first kappa shape index (κ1) is 21.9. The van der Waals surface area contributed by atoms with E-state index in [4.69, 9.17) is 47.0 Å². The minimum Gasteiger partial charge on any atom is -0.362 e. The summed E-state index contributed by atoms with van der Waals surface area (Å²) in [4.78, 5) is 0. The Balaban J connectivity index is 1.55. The van der Waals surface area contributed by atoms with Crippen molar-refractivity contribution in [2.24, 2.45) is 0 Å². The van der Waals surface area contributed by atoms with Crippen LogP contribution in [0.3, 0.4) is 0 Å². The van der Waals surface area contributed by atoms with E-state index < -0.39 is 0 Å². The van der Waals surface area contributed by atoms with Crippen LogP contribution in [0.5, 0.6) is 0 Å². The first-order valence-electron chi connectivity index (χ1n) is 9.04. The fourth-order valence-electron chi connectivity index (χ4n) is 2.90. The zero-order chi connectivity index (χ0) is 21.0. The highest BCUT2D eigenvalue weighted by atomic mass is 35.5. The van der Waals surface area contributed by atoms with Crippen molar-refractivity contribution in [1.82, 2.24) is 24.9 Å². The van der Waals surface area contributed by atoms with Gasteiger partial charge in [0.2, 0.25) is 0 Å². The number of nitrogens with one attached hydrogen (secondary N) is 2. The molecule has 3 aromatic rings. The van der Waals surface area contributed by atoms with Gasteiger partial charge in [-0.1, -0.05) is 40.9 Å². The Labute approximate surface area is 190 Å². The molecule has 10 heteroatoms. The Morgan fingerprint density at radius 2 is 1.97 bits per heavy atom. The van der Waals surface area contributed by atoms with Crippen molar-refractivity contribution >= 4 is 57.8 Å². The van der Waals surface area contributed by atoms with Gasteiger partial charge in [-0.25, -0.2) is 0 Å². The van der Waals surface area contributed by atoms with Gasteiger partial charge in [-0.2, -0.15) is 10.2 Å². The van der Waals surface area contributed by atoms with Crippen molar-refractivity contribution < 1.29 is 0 Å². The van der Waals surface area contributed by atoms with Crippen LogP contribution >= 0.6 is 47.0 Å². The molecule has 2 aromatic heterocycles. The molecule has 154 valence electrons. The van der Waals surface area contributed by atoms with Crippen LogP contribution < -0.4 is 10.6 Å². The van der Waals surface area contributed by atoms with Gasteiger partial charge < -0.3 is 10.6 Å². The molecule has 2 heterocycles. The van der Waals surface area contributed by atoms with Gasteiger partial charge in [0.1, 0.15) is 0 Å². The number of halogens is 3. The molecule has 6 nitrogen and oxygen atoms in total. The monoisotopic (exact) mass is 470 g/mol. The number of rotatable bonds is 7. The van der Waals surface area contributed by atoms with Gasteiger partial charge in [-0.05, 0) is 50.2 Å². The molecule has 0 bridgehead atoms. The predicted octanol–water partition coefficient (Wildman–Crippen LogP) is 5.08. The lowest BCUT2D eigenvalue weighted by atomic mass is 10.2. The summed E-state index contributed by atoms with van der Waals surface area (Å²) in [7, 11) is 0. The van der Waals surface area contributed by atoms with Crippen molar-refractivity contribution in [3.63, 3.8) is 0 Å². The SMILES string of the molecule is Cc1nn(Cc2ccc(Cl)cc2Cl)c(C)c1NC(=S)NCCCn1cc(Cl)cn1. The summed E-state index contributed by atoms with van der Waals surface area (Å²) in [6.07, 6.45) is 4.29. The number of thiocarbonyl (C=S) groups is 1. The van der Waals surface area contributed by atoms with Crippen LogP contribution in [0.2, 0.25) is 15.1 Å². The third kappa shape index (κ3) is 5.85. The molecule has 29 heavy (non-hydrogen) atoms. The normalized spacial score (nSPS) is 10.9. The topological polar surface area (TPSA) is 59.7 Å². The van der Waals surface area contributed by atoms with Crippen LogP contribution in [0.1, 0.15) is 23.4 Å². The molecule has 0 amide bonds. The van der Waals surface area contributed by atoms with E-state index in [9.17, 15) is 0 Å². The van der Waals surface area contributed by atoms with Gasteiger partial charge in [0.05, 0.1) is 34.8 Å². The van der Waals surface area contributed by atoms with Gasteiger partial charge in [0.25, 0.3) is 0 Å². The Morgan fingerprint density at radius 1 is 1.17 bits per heavy atom. The fourth-order valence-corrected chi connectivity index (χ4v) is 3.73. The third-order valence-corrected chi connectivity index (χ3v) is 5.44. The van der Waals surface area contributed by atoms with Gasteiger partial charge in [0.15, 0.2) is 5.11 Å². The van der Waals surface area contributed by atoms with E-state index in [-0.39, 0.29) is 0 Å². The lowest BCUT2D eigenvalue weighted by Crippen LogP contribution is -2.30. The maximum absolute atomic E-state index is 6.29. The van der Waals surface area contributed by atoms with Crippen LogP contribution in [0, 0.1) is 13.8 Å². The lowest BCUT2D eigenvalue weighted by Gasteiger charge is -2.11. The average molecular weight is 472 g/mol. The van der Waals surface area contributed by atoms with Gasteiger partial charge in [0, 0.05) is 29.3 Å². The predicted molar refractivity (Wildman–Crippen MR) is 123 cm³/mol. The summed E-state index contributed by atoms with van der Waals surface area (Å²) in [5.41, 5.74) is 3.69. The summed E-state index contributed by atoms with van der Waals surface area (Å²) in [6.45, 7) is 5.97. The lowest BCUT2D eigenvalue weighted by molar-refractivity contribution is 0.574. The van der Waals surface area contributed by atoms with E-state index in [0.717, 1.165) is 42.1 Å². The first-order chi connectivity index (χ1) is 13.8. The van der Waals surface area contributed by atoms with Crippen molar-refractivity contribution in [2.45, 2.75) is 33.4 Å². The van der Waals surface area contributed by atoms with Gasteiger partial charge >= 0.3 is 0 Å². The molecule has 2 N–H and O–H groups in total. The Hall–Kier alpha value is -1.80. The maximum atomic E-state index is 6.29. The summed E-state index contributed by atoms with van der Waals surface area (Å²) in [5, 5.41) is 17.6. The summed E-state index contributed by atoms with van der Waals surface area (Å²) in [6, 6.07) is 5.47. The standard InChI is InChI=1S/C19H21Cl3N6S/c1-12-18(25-19(29)23-6-3-7-27-11-16(21)9-24-27)13(2)28(26-12)10-14-4-5-15(20)8-17(14)22/h4-5,8-9,11H,3,6-7,10H2,1-2H3,(H2,23,25,29). The van der Waals surface area contributed by atoms with Crippen molar-refractivity contribution in [3.05, 3.63) is 62.6 Å². The molecule has 0 spiro atoms. The van der Waals surface area contributed by atoms with Crippen LogP contribution in [-0.4, -0.2) is 31.2 Å². The highest BCUT2D eigenvalue weighted by Gasteiger charge is 2.14. The highest BCUT2D eigenvalue weighted by molar-refractivity contribution is 7.80. The van der Waals surface area contributed by atoms with E-state index in [2.05, 4.69) is 20.8 Å². The second kappa shape index (κ2) is 9.80. The summed E-state index contributed by atoms with van der Waals surface area (Å²) >= 11 is 23.6. The number of benzene rings is 1. The van der Waals surface area contributed by atoms with Gasteiger partial charge in [-0.15, -0.1) is 0 Å². The van der Waals surface area contributed by atoms with E-state index in [1.165, 1.54) is 0 Å². The van der Waals surface area contributed by atoms with E-state index in [1.807, 2.05) is 30.7 Å². The van der Waals surface area contributed by atoms with Crippen molar-refractivity contribution in [3.8, 4) is 0 Å². The minimum atomic E-state index is 0.553. The minimum absolute atomic E-state index is 0.553. The van der Waals surface area contributed by atoms with Gasteiger partial charge in [-0.3, -0.25) is 9.36 Å². The number of aromatic nitrogens is 4. The first-order valence-corrected chi connectivity index (χ1v) is 10.6. The Morgan fingerprint density at radius 3 is 2.66 bits per heavy atom. The largest absolute Gasteiger partial charge is 0.362 e. The van der Waals surface area contributed by atoms with E-state index >= 15 is 0 Å². The molecule has 0 aliphatic heterocycles. The molecule has 3 rings (SSSR count). The zero-order valence-electron chi connectivity index (χ0n) is 16.0. The van der Waals surface area contributed by atoms with Crippen LogP contribution in [0.15, 0.2) is 30.6 Å². The zero-order valence-corrected chi connectivity index (χ0v) is 19.1. The molecular weight excluding hydrogens is 451 g/mol. The highest BCUT2D eigenvalue weighted by Crippen LogP contribution is 2.25. The fraction of sp³-hybridized carbons (Fsp3) is 0.316. The maximum Gasteiger partial charge on any atom is 0.170 e. The number of nitrogens with zero attached hydrogens (tertiary/aromatic N) is 4. The molecule has 1 aromatic carbocycles. The molecule has 0 unspecified atom stereocenters. The molecule has 0 fully saturated rings. The van der Waals surface area contributed by atoms with Crippen molar-refractivity contribution in [1.29, 1.82) is 0 Å². The molecule has 0 atom stereocenters. The number of anilines is 1. The van der Waals surface area contributed by atoms with Crippen LogP contribution in [-0.2, 0) is 13.1 Å². The van der Waals surface area contributed by atoms with Crippen LogP contribution in [0.25, 0.3) is 0 Å². The molecule has 0 saturated carbocycles.